The third-order valence-electron chi connectivity index (χ3n) is 1.35. The van der Waals surface area contributed by atoms with Crippen LogP contribution in [0, 0.1) is 0 Å². The van der Waals surface area contributed by atoms with E-state index in [4.69, 9.17) is 5.11 Å². The first-order chi connectivity index (χ1) is 6.93. The topological polar surface area (TPSA) is 131 Å². The summed E-state index contributed by atoms with van der Waals surface area (Å²) in [6.45, 7) is 1.31. The molecule has 0 aromatic rings. The van der Waals surface area contributed by atoms with Gasteiger partial charge in [0.2, 0.25) is 0 Å². The summed E-state index contributed by atoms with van der Waals surface area (Å²) in [5, 5.41) is 12.9. The van der Waals surface area contributed by atoms with Gasteiger partial charge in [-0.05, 0) is 6.92 Å². The smallest absolute Gasteiger partial charge is 0.404 e. The van der Waals surface area contributed by atoms with Crippen LogP contribution in [0.4, 0.5) is 9.59 Å². The first-order valence-corrected chi connectivity index (χ1v) is 4.13. The lowest BCUT2D eigenvalue weighted by Gasteiger charge is -2.10. The van der Waals surface area contributed by atoms with Crippen molar-refractivity contribution in [1.82, 2.24) is 10.6 Å². The summed E-state index contributed by atoms with van der Waals surface area (Å²) >= 11 is 0. The molecule has 3 amide bonds. The van der Waals surface area contributed by atoms with Gasteiger partial charge in [-0.25, -0.2) is 9.59 Å². The fraction of sp³-hybridized carbons (Fsp3) is 0.571. The van der Waals surface area contributed by atoms with Crippen LogP contribution in [-0.2, 0) is 9.53 Å². The number of carboxylic acids is 1. The maximum Gasteiger partial charge on any atom is 0.404 e. The Balaban J connectivity index is 3.58. The van der Waals surface area contributed by atoms with E-state index in [0.717, 1.165) is 0 Å². The molecule has 0 fully saturated rings. The number of urea groups is 1. The zero-order valence-electron chi connectivity index (χ0n) is 8.15. The van der Waals surface area contributed by atoms with Crippen molar-refractivity contribution in [2.24, 2.45) is 5.73 Å². The molecule has 86 valence electrons. The summed E-state index contributed by atoms with van der Waals surface area (Å²) in [4.78, 5) is 31.4. The molecule has 0 aliphatic heterocycles. The molecule has 15 heavy (non-hydrogen) atoms. The SMILES string of the molecule is CC(NC(=O)NCCOC(N)=O)C(=O)O. The van der Waals surface area contributed by atoms with Gasteiger partial charge in [0.05, 0.1) is 6.54 Å². The number of carbonyl (C=O) groups is 3. The third kappa shape index (κ3) is 7.11. The number of hydrogen-bond acceptors (Lipinski definition) is 4. The second kappa shape index (κ2) is 6.46. The molecule has 0 spiro atoms. The molecule has 8 nitrogen and oxygen atoms in total. The van der Waals surface area contributed by atoms with E-state index in [1.165, 1.54) is 6.92 Å². The first kappa shape index (κ1) is 13.0. The third-order valence-corrected chi connectivity index (χ3v) is 1.35. The molecule has 0 bridgehead atoms. The highest BCUT2D eigenvalue weighted by Gasteiger charge is 2.12. The van der Waals surface area contributed by atoms with Crippen LogP contribution >= 0.6 is 0 Å². The Labute approximate surface area is 85.8 Å². The normalized spacial score (nSPS) is 11.3. The maximum atomic E-state index is 10.9. The summed E-state index contributed by atoms with van der Waals surface area (Å²) in [6, 6.07) is -1.64. The molecular weight excluding hydrogens is 206 g/mol. The van der Waals surface area contributed by atoms with Gasteiger partial charge in [-0.3, -0.25) is 4.79 Å². The average Bonchev–Trinajstić information content (AvgIpc) is 2.12. The lowest BCUT2D eigenvalue weighted by atomic mass is 10.3. The Morgan fingerprint density at radius 2 is 2.07 bits per heavy atom. The van der Waals surface area contributed by atoms with E-state index >= 15 is 0 Å². The van der Waals surface area contributed by atoms with Crippen LogP contribution in [0.5, 0.6) is 0 Å². The number of ether oxygens (including phenoxy) is 1. The molecule has 5 N–H and O–H groups in total. The molecular formula is C7H13N3O5. The molecule has 8 heteroatoms. The molecule has 0 aromatic carbocycles. The summed E-state index contributed by atoms with van der Waals surface area (Å²) in [7, 11) is 0. The van der Waals surface area contributed by atoms with Crippen molar-refractivity contribution in [1.29, 1.82) is 0 Å². The number of carboxylic acid groups (broad SMARTS) is 1. The number of rotatable bonds is 5. The maximum absolute atomic E-state index is 10.9. The second-order valence-corrected chi connectivity index (χ2v) is 2.63. The minimum absolute atomic E-state index is 0.0567. The van der Waals surface area contributed by atoms with Crippen molar-refractivity contribution in [3.63, 3.8) is 0 Å². The van der Waals surface area contributed by atoms with Gasteiger partial charge in [0.15, 0.2) is 0 Å². The first-order valence-electron chi connectivity index (χ1n) is 4.13. The van der Waals surface area contributed by atoms with Crippen LogP contribution in [0.2, 0.25) is 0 Å². The highest BCUT2D eigenvalue weighted by molar-refractivity contribution is 5.82. The Kier molecular flexibility index (Phi) is 5.60. The van der Waals surface area contributed by atoms with Gasteiger partial charge in [0.1, 0.15) is 12.6 Å². The van der Waals surface area contributed by atoms with Crippen LogP contribution in [0.1, 0.15) is 6.92 Å². The van der Waals surface area contributed by atoms with Gasteiger partial charge in [-0.2, -0.15) is 0 Å². The molecule has 0 aliphatic rings. The van der Waals surface area contributed by atoms with Gasteiger partial charge < -0.3 is 26.2 Å². The number of aliphatic carboxylic acids is 1. The predicted molar refractivity (Wildman–Crippen MR) is 49.2 cm³/mol. The van der Waals surface area contributed by atoms with E-state index in [9.17, 15) is 14.4 Å². The fourth-order valence-corrected chi connectivity index (χ4v) is 0.626. The van der Waals surface area contributed by atoms with E-state index in [2.05, 4.69) is 21.1 Å². The molecule has 0 saturated carbocycles. The Morgan fingerprint density at radius 3 is 2.53 bits per heavy atom. The summed E-state index contributed by atoms with van der Waals surface area (Å²) in [5.74, 6) is -1.14. The lowest BCUT2D eigenvalue weighted by Crippen LogP contribution is -2.45. The van der Waals surface area contributed by atoms with E-state index in [0.29, 0.717) is 0 Å². The van der Waals surface area contributed by atoms with Gasteiger partial charge in [0, 0.05) is 0 Å². The van der Waals surface area contributed by atoms with Crippen LogP contribution < -0.4 is 16.4 Å². The Hall–Kier alpha value is -1.99. The summed E-state index contributed by atoms with van der Waals surface area (Å²) < 4.78 is 4.32. The molecule has 0 heterocycles. The Morgan fingerprint density at radius 1 is 1.47 bits per heavy atom. The van der Waals surface area contributed by atoms with Gasteiger partial charge in [-0.1, -0.05) is 0 Å². The highest BCUT2D eigenvalue weighted by Crippen LogP contribution is 1.80. The number of carbonyl (C=O) groups excluding carboxylic acids is 2. The molecule has 0 aliphatic carbocycles. The van der Waals surface area contributed by atoms with Crippen molar-refractivity contribution in [2.75, 3.05) is 13.2 Å². The number of nitrogens with one attached hydrogen (secondary N) is 2. The summed E-state index contributed by atoms with van der Waals surface area (Å²) in [6.07, 6.45) is -0.934. The molecule has 0 saturated heterocycles. The number of primary amides is 1. The molecule has 1 atom stereocenters. The van der Waals surface area contributed by atoms with Crippen LogP contribution in [0.3, 0.4) is 0 Å². The zero-order valence-corrected chi connectivity index (χ0v) is 8.15. The van der Waals surface area contributed by atoms with Crippen LogP contribution in [0.15, 0.2) is 0 Å². The minimum atomic E-state index is -1.14. The molecule has 0 aromatic heterocycles. The molecule has 0 radical (unpaired) electrons. The van der Waals surface area contributed by atoms with Crippen molar-refractivity contribution in [3.05, 3.63) is 0 Å². The van der Waals surface area contributed by atoms with Crippen molar-refractivity contribution >= 4 is 18.1 Å². The van der Waals surface area contributed by atoms with E-state index in [-0.39, 0.29) is 13.2 Å². The fourth-order valence-electron chi connectivity index (χ4n) is 0.626. The monoisotopic (exact) mass is 219 g/mol. The van der Waals surface area contributed by atoms with Crippen molar-refractivity contribution in [3.8, 4) is 0 Å². The number of nitrogens with two attached hydrogens (primary N) is 1. The van der Waals surface area contributed by atoms with Crippen molar-refractivity contribution < 1.29 is 24.2 Å². The quantitative estimate of drug-likeness (QED) is 0.434. The highest BCUT2D eigenvalue weighted by atomic mass is 16.5. The number of amides is 3. The van der Waals surface area contributed by atoms with Crippen LogP contribution in [-0.4, -0.2) is 42.4 Å². The van der Waals surface area contributed by atoms with E-state index in [1.54, 1.807) is 0 Å². The second-order valence-electron chi connectivity index (χ2n) is 2.63. The van der Waals surface area contributed by atoms with E-state index in [1.807, 2.05) is 0 Å². The minimum Gasteiger partial charge on any atom is -0.480 e. The van der Waals surface area contributed by atoms with Crippen molar-refractivity contribution in [2.45, 2.75) is 13.0 Å². The van der Waals surface area contributed by atoms with Gasteiger partial charge in [0.25, 0.3) is 0 Å². The van der Waals surface area contributed by atoms with Gasteiger partial charge in [-0.15, -0.1) is 0 Å². The summed E-state index contributed by atoms with van der Waals surface area (Å²) in [5.41, 5.74) is 4.66. The standard InChI is InChI=1S/C7H13N3O5/c1-4(5(11)12)10-7(14)9-2-3-15-6(8)13/h4H,2-3H2,1H3,(H2,8,13)(H,11,12)(H2,9,10,14). The van der Waals surface area contributed by atoms with Gasteiger partial charge >= 0.3 is 18.1 Å². The van der Waals surface area contributed by atoms with E-state index < -0.39 is 24.1 Å². The molecule has 0 rings (SSSR count). The molecule has 1 unspecified atom stereocenters. The predicted octanol–water partition coefficient (Wildman–Crippen LogP) is -1.15. The number of hydrogen-bond donors (Lipinski definition) is 4. The largest absolute Gasteiger partial charge is 0.480 e. The van der Waals surface area contributed by atoms with Crippen LogP contribution in [0.25, 0.3) is 0 Å². The lowest BCUT2D eigenvalue weighted by molar-refractivity contribution is -0.138. The zero-order chi connectivity index (χ0) is 11.8. The Bertz CT molecular complexity index is 255. The average molecular weight is 219 g/mol.